The van der Waals surface area contributed by atoms with Crippen LogP contribution in [0, 0.1) is 0 Å². The summed E-state index contributed by atoms with van der Waals surface area (Å²) in [5.41, 5.74) is -0.646. The molecule has 4 nitrogen and oxygen atoms in total. The maximum Gasteiger partial charge on any atom is 0.120 e. The van der Waals surface area contributed by atoms with E-state index in [1.807, 2.05) is 13.8 Å². The first-order valence-corrected chi connectivity index (χ1v) is 5.26. The molecule has 0 amide bonds. The van der Waals surface area contributed by atoms with E-state index in [1.165, 1.54) is 0 Å². The van der Waals surface area contributed by atoms with Crippen LogP contribution in [0.25, 0.3) is 0 Å². The fourth-order valence-corrected chi connectivity index (χ4v) is 2.15. The summed E-state index contributed by atoms with van der Waals surface area (Å²) in [4.78, 5) is 0. The van der Waals surface area contributed by atoms with Crippen LogP contribution in [0.5, 0.6) is 0 Å². The van der Waals surface area contributed by atoms with Gasteiger partial charge < -0.3 is 19.3 Å². The van der Waals surface area contributed by atoms with Crippen LogP contribution in [0.1, 0.15) is 27.2 Å². The summed E-state index contributed by atoms with van der Waals surface area (Å²) in [6, 6.07) is 0. The number of hydrogen-bond donors (Lipinski definition) is 1. The van der Waals surface area contributed by atoms with Crippen molar-refractivity contribution >= 4 is 0 Å². The van der Waals surface area contributed by atoms with Crippen molar-refractivity contribution in [1.82, 2.24) is 0 Å². The van der Waals surface area contributed by atoms with Gasteiger partial charge in [-0.15, -0.1) is 0 Å². The summed E-state index contributed by atoms with van der Waals surface area (Å²) in [6.45, 7) is 5.60. The quantitative estimate of drug-likeness (QED) is 0.700. The van der Waals surface area contributed by atoms with Crippen LogP contribution in [-0.4, -0.2) is 50.3 Å². The number of aliphatic hydroxyl groups excluding tert-OH is 1. The normalized spacial score (nSPS) is 21.8. The molecule has 0 radical (unpaired) electrons. The van der Waals surface area contributed by atoms with Crippen molar-refractivity contribution in [3.05, 3.63) is 0 Å². The van der Waals surface area contributed by atoms with E-state index in [2.05, 4.69) is 0 Å². The molecule has 0 aliphatic carbocycles. The molecule has 0 aliphatic rings. The minimum absolute atomic E-state index is 0.109. The smallest absolute Gasteiger partial charge is 0.120 e. The molecule has 0 rings (SSSR count). The Bertz CT molecular complexity index is 168. The third kappa shape index (κ3) is 3.14. The van der Waals surface area contributed by atoms with Gasteiger partial charge in [0.15, 0.2) is 0 Å². The fraction of sp³-hybridized carbons (Fsp3) is 1.00. The van der Waals surface area contributed by atoms with Crippen LogP contribution in [0.2, 0.25) is 0 Å². The number of aliphatic hydroxyl groups is 1. The lowest BCUT2D eigenvalue weighted by atomic mass is 9.87. The Hall–Kier alpha value is -0.160. The molecule has 92 valence electrons. The molecule has 0 aromatic heterocycles. The van der Waals surface area contributed by atoms with Gasteiger partial charge in [-0.25, -0.2) is 0 Å². The van der Waals surface area contributed by atoms with Crippen LogP contribution < -0.4 is 0 Å². The van der Waals surface area contributed by atoms with Gasteiger partial charge in [-0.2, -0.15) is 0 Å². The van der Waals surface area contributed by atoms with Crippen molar-refractivity contribution in [2.75, 3.05) is 21.3 Å². The topological polar surface area (TPSA) is 47.9 Å². The van der Waals surface area contributed by atoms with Crippen molar-refractivity contribution in [3.8, 4) is 0 Å². The van der Waals surface area contributed by atoms with Crippen molar-refractivity contribution in [2.45, 2.75) is 51.1 Å². The molecule has 0 saturated carbocycles. The lowest BCUT2D eigenvalue weighted by molar-refractivity contribution is -0.197. The second kappa shape index (κ2) is 6.43. The summed E-state index contributed by atoms with van der Waals surface area (Å²) in [6.07, 6.45) is -0.327. The number of methoxy groups -OCH3 is 3. The molecule has 0 aromatic carbocycles. The van der Waals surface area contributed by atoms with Gasteiger partial charge in [0.05, 0.1) is 12.2 Å². The van der Waals surface area contributed by atoms with E-state index in [-0.39, 0.29) is 6.10 Å². The fourth-order valence-electron chi connectivity index (χ4n) is 2.15. The highest BCUT2D eigenvalue weighted by Crippen LogP contribution is 2.28. The SMILES string of the molecule is CCC(OC)C(C)(OC)C(OC)C(C)O. The molecule has 4 atom stereocenters. The average molecular weight is 220 g/mol. The van der Waals surface area contributed by atoms with E-state index >= 15 is 0 Å². The molecule has 0 aromatic rings. The van der Waals surface area contributed by atoms with Crippen molar-refractivity contribution in [2.24, 2.45) is 0 Å². The van der Waals surface area contributed by atoms with Gasteiger partial charge in [-0.3, -0.25) is 0 Å². The van der Waals surface area contributed by atoms with E-state index in [1.54, 1.807) is 28.3 Å². The standard InChI is InChI=1S/C11H24O4/c1-7-9(13-4)11(3,15-6)10(14-5)8(2)12/h8-10,12H,7H2,1-6H3. The molecule has 0 fully saturated rings. The maximum atomic E-state index is 9.66. The molecule has 1 N–H and O–H groups in total. The van der Waals surface area contributed by atoms with Gasteiger partial charge in [0.1, 0.15) is 11.7 Å². The molecule has 4 unspecified atom stereocenters. The predicted octanol–water partition coefficient (Wildman–Crippen LogP) is 1.21. The third-order valence-corrected chi connectivity index (χ3v) is 2.99. The van der Waals surface area contributed by atoms with Crippen LogP contribution >= 0.6 is 0 Å². The van der Waals surface area contributed by atoms with Gasteiger partial charge in [0.25, 0.3) is 0 Å². The predicted molar refractivity (Wildman–Crippen MR) is 59.0 cm³/mol. The zero-order chi connectivity index (χ0) is 12.1. The minimum atomic E-state index is -0.646. The Balaban J connectivity index is 4.93. The number of rotatable bonds is 7. The Morgan fingerprint density at radius 3 is 1.93 bits per heavy atom. The van der Waals surface area contributed by atoms with E-state index in [4.69, 9.17) is 14.2 Å². The van der Waals surface area contributed by atoms with Gasteiger partial charge in [0.2, 0.25) is 0 Å². The van der Waals surface area contributed by atoms with Crippen molar-refractivity contribution in [3.63, 3.8) is 0 Å². The van der Waals surface area contributed by atoms with Crippen molar-refractivity contribution in [1.29, 1.82) is 0 Å². The molecular weight excluding hydrogens is 196 g/mol. The molecule has 0 aliphatic heterocycles. The molecule has 0 bridgehead atoms. The Morgan fingerprint density at radius 2 is 1.73 bits per heavy atom. The lowest BCUT2D eigenvalue weighted by Crippen LogP contribution is -2.56. The molecule has 15 heavy (non-hydrogen) atoms. The van der Waals surface area contributed by atoms with Gasteiger partial charge in [-0.05, 0) is 20.3 Å². The third-order valence-electron chi connectivity index (χ3n) is 2.99. The zero-order valence-electron chi connectivity index (χ0n) is 10.6. The highest BCUT2D eigenvalue weighted by Gasteiger charge is 2.44. The van der Waals surface area contributed by atoms with Gasteiger partial charge >= 0.3 is 0 Å². The molecular formula is C11H24O4. The second-order valence-corrected chi connectivity index (χ2v) is 3.92. The van der Waals surface area contributed by atoms with Crippen LogP contribution in [0.3, 0.4) is 0 Å². The van der Waals surface area contributed by atoms with Crippen molar-refractivity contribution < 1.29 is 19.3 Å². The summed E-state index contributed by atoms with van der Waals surface area (Å²) in [7, 11) is 4.81. The zero-order valence-corrected chi connectivity index (χ0v) is 10.6. The first-order chi connectivity index (χ1) is 6.97. The largest absolute Gasteiger partial charge is 0.391 e. The maximum absolute atomic E-state index is 9.66. The van der Waals surface area contributed by atoms with Gasteiger partial charge in [0, 0.05) is 21.3 Å². The Morgan fingerprint density at radius 1 is 1.20 bits per heavy atom. The number of ether oxygens (including phenoxy) is 3. The number of hydrogen-bond acceptors (Lipinski definition) is 4. The highest BCUT2D eigenvalue weighted by atomic mass is 16.6. The van der Waals surface area contributed by atoms with Crippen LogP contribution in [0.15, 0.2) is 0 Å². The molecule has 0 spiro atoms. The Kier molecular flexibility index (Phi) is 6.36. The summed E-state index contributed by atoms with van der Waals surface area (Å²) in [5, 5.41) is 9.66. The van der Waals surface area contributed by atoms with E-state index in [0.29, 0.717) is 0 Å². The minimum Gasteiger partial charge on any atom is -0.391 e. The van der Waals surface area contributed by atoms with Crippen LogP contribution in [0.4, 0.5) is 0 Å². The summed E-state index contributed by atoms with van der Waals surface area (Å²) in [5.74, 6) is 0. The van der Waals surface area contributed by atoms with E-state index < -0.39 is 17.8 Å². The molecule has 0 heterocycles. The monoisotopic (exact) mass is 220 g/mol. The second-order valence-electron chi connectivity index (χ2n) is 3.92. The summed E-state index contributed by atoms with van der Waals surface area (Å²) >= 11 is 0. The lowest BCUT2D eigenvalue weighted by Gasteiger charge is -2.41. The van der Waals surface area contributed by atoms with E-state index in [9.17, 15) is 5.11 Å². The first kappa shape index (κ1) is 14.8. The molecule has 0 saturated heterocycles. The summed E-state index contributed by atoms with van der Waals surface area (Å²) < 4.78 is 16.2. The van der Waals surface area contributed by atoms with E-state index in [0.717, 1.165) is 6.42 Å². The highest BCUT2D eigenvalue weighted by molar-refractivity contribution is 4.94. The molecule has 4 heteroatoms. The average Bonchev–Trinajstić information content (AvgIpc) is 2.19. The Labute approximate surface area is 92.5 Å². The van der Waals surface area contributed by atoms with Crippen LogP contribution in [-0.2, 0) is 14.2 Å². The first-order valence-electron chi connectivity index (χ1n) is 5.26. The van der Waals surface area contributed by atoms with Gasteiger partial charge in [-0.1, -0.05) is 6.92 Å².